The molecule has 0 heterocycles. The first-order valence-electron chi connectivity index (χ1n) is 7.15. The van der Waals surface area contributed by atoms with Crippen LogP contribution in [0, 0.1) is 0 Å². The van der Waals surface area contributed by atoms with Gasteiger partial charge in [-0.3, -0.25) is 0 Å². The summed E-state index contributed by atoms with van der Waals surface area (Å²) in [5.41, 5.74) is 0.342. The van der Waals surface area contributed by atoms with Gasteiger partial charge in [-0.05, 0) is 0 Å². The third-order valence-corrected chi connectivity index (χ3v) is 4.35. The number of rotatable bonds is 0. The molecule has 2 aromatic rings. The van der Waals surface area contributed by atoms with Crippen LogP contribution < -0.4 is 0 Å². The third-order valence-electron chi connectivity index (χ3n) is 1.66. The minimum atomic E-state index is 0. The van der Waals surface area contributed by atoms with Crippen molar-refractivity contribution in [2.24, 2.45) is 6.99 Å². The Bertz CT molecular complexity index is 364. The van der Waals surface area contributed by atoms with E-state index >= 15 is 0 Å². The Labute approximate surface area is 185 Å². The molecule has 0 aliphatic rings. The van der Waals surface area contributed by atoms with Crippen molar-refractivity contribution in [3.63, 3.8) is 0 Å². The Hall–Kier alpha value is 0.377. The topological polar surface area (TPSA) is 24.7 Å². The molecule has 0 N–H and O–H groups in total. The van der Waals surface area contributed by atoms with Crippen molar-refractivity contribution >= 4 is 27.0 Å². The van der Waals surface area contributed by atoms with Crippen LogP contribution in [0.4, 0.5) is 0 Å². The van der Waals surface area contributed by atoms with E-state index in [4.69, 9.17) is 0 Å². The molecule has 0 radical (unpaired) electrons. The second-order valence-electron chi connectivity index (χ2n) is 6.45. The molecular weight excluding hydrogens is 500 g/mol. The molecule has 0 saturated carbocycles. The van der Waals surface area contributed by atoms with Gasteiger partial charge in [0.1, 0.15) is 0 Å². The zero-order valence-electron chi connectivity index (χ0n) is 15.4. The minimum absolute atomic E-state index is 0. The normalized spacial score (nSPS) is 8.92. The maximum absolute atomic E-state index is 4.03. The van der Waals surface area contributed by atoms with Crippen molar-refractivity contribution < 1.29 is 39.3 Å². The summed E-state index contributed by atoms with van der Waals surface area (Å²) in [6, 6.07) is 20.0. The fourth-order valence-electron chi connectivity index (χ4n) is 0.642. The van der Waals surface area contributed by atoms with Crippen LogP contribution in [0.1, 0.15) is 41.5 Å². The predicted octanol–water partition coefficient (Wildman–Crippen LogP) is 5.30. The molecule has 0 aromatic heterocycles. The van der Waals surface area contributed by atoms with E-state index in [2.05, 4.69) is 48.5 Å². The number of hydrogen-bond acceptors (Lipinski definition) is 4. The molecule has 2 nitrogen and oxygen atoms in total. The number of thiol groups is 2. The molecule has 6 heteroatoms. The SMILES string of the molecule is CC(C)(C)[N]=[Mo].CC(C)(C)[N]=[Mo].[SH-].[SH-].c1cc[cH-]c1.c1cc[cH-]c1. The van der Waals surface area contributed by atoms with Crippen LogP contribution in [0.15, 0.2) is 67.7 Å². The van der Waals surface area contributed by atoms with Gasteiger partial charge in [-0.15, -0.1) is 0 Å². The van der Waals surface area contributed by atoms with Crippen molar-refractivity contribution in [3.05, 3.63) is 60.7 Å². The molecule has 2 aromatic carbocycles. The monoisotopic (exact) mass is 534 g/mol. The van der Waals surface area contributed by atoms with E-state index in [-0.39, 0.29) is 38.1 Å². The Morgan fingerprint density at radius 1 is 0.583 bits per heavy atom. The van der Waals surface area contributed by atoms with E-state index < -0.39 is 0 Å². The minimum Gasteiger partial charge on any atom is -0.813 e. The van der Waals surface area contributed by atoms with Gasteiger partial charge >= 0.3 is 98.9 Å². The second-order valence-corrected chi connectivity index (χ2v) is 7.35. The summed E-state index contributed by atoms with van der Waals surface area (Å²) in [6.07, 6.45) is 0. The molecule has 0 atom stereocenters. The third kappa shape index (κ3) is 38.1. The smallest absolute Gasteiger partial charge is 0.172 e. The molecule has 0 unspecified atom stereocenters. The first kappa shape index (κ1) is 32.1. The van der Waals surface area contributed by atoms with Crippen molar-refractivity contribution in [3.8, 4) is 0 Å². The van der Waals surface area contributed by atoms with Gasteiger partial charge in [0.2, 0.25) is 0 Å². The molecule has 24 heavy (non-hydrogen) atoms. The fourth-order valence-corrected chi connectivity index (χ4v) is 0.642. The largest absolute Gasteiger partial charge is 0.813 e. The molecule has 0 aliphatic carbocycles. The Morgan fingerprint density at radius 2 is 0.750 bits per heavy atom. The zero-order chi connectivity index (χ0) is 17.5. The predicted molar refractivity (Wildman–Crippen MR) is 106 cm³/mol. The van der Waals surface area contributed by atoms with Gasteiger partial charge in [0.05, 0.1) is 0 Å². The van der Waals surface area contributed by atoms with Crippen molar-refractivity contribution in [1.29, 1.82) is 0 Å². The fraction of sp³-hybridized carbons (Fsp3) is 0.444. The molecule has 0 spiro atoms. The molecule has 0 aliphatic heterocycles. The molecular formula is C18H30Mo2N2S2-4. The van der Waals surface area contributed by atoms with Crippen LogP contribution in [0.2, 0.25) is 0 Å². The average molecular weight is 530 g/mol. The van der Waals surface area contributed by atoms with Gasteiger partial charge < -0.3 is 27.0 Å². The van der Waals surface area contributed by atoms with Crippen LogP contribution >= 0.6 is 0 Å². The van der Waals surface area contributed by atoms with E-state index in [1.807, 2.05) is 60.7 Å². The molecule has 0 bridgehead atoms. The summed E-state index contributed by atoms with van der Waals surface area (Å²) in [5.74, 6) is 0. The van der Waals surface area contributed by atoms with E-state index in [0.29, 0.717) is 0 Å². The standard InChI is InChI=1S/2C5H5.2C4H9N.2Mo.2H2S/c2*1-2-4-5-3-1;2*1-4(2,3)5;;;;/h2*1-5H;2*1-3H3;;;2*1H2/q2*-1;;;;;;/p-2. The van der Waals surface area contributed by atoms with E-state index in [1.54, 1.807) is 39.3 Å². The van der Waals surface area contributed by atoms with Gasteiger partial charge in [-0.25, -0.2) is 24.3 Å². The maximum Gasteiger partial charge on any atom is -0.172 e. The van der Waals surface area contributed by atoms with Gasteiger partial charge in [-0.1, -0.05) is 0 Å². The second kappa shape index (κ2) is 19.7. The van der Waals surface area contributed by atoms with Gasteiger partial charge in [0, 0.05) is 0 Å². The number of hydrogen-bond donors (Lipinski definition) is 0. The van der Waals surface area contributed by atoms with E-state index in [9.17, 15) is 0 Å². The Balaban J connectivity index is -0.000000108. The first-order chi connectivity index (χ1) is 10.1. The van der Waals surface area contributed by atoms with E-state index in [1.165, 1.54) is 0 Å². The summed E-state index contributed by atoms with van der Waals surface area (Å²) >= 11 is 3.54. The van der Waals surface area contributed by atoms with Crippen LogP contribution in [0.3, 0.4) is 0 Å². The maximum atomic E-state index is 4.03. The molecule has 0 saturated heterocycles. The quantitative estimate of drug-likeness (QED) is 0.200. The van der Waals surface area contributed by atoms with Gasteiger partial charge in [0.15, 0.2) is 0 Å². The zero-order valence-corrected chi connectivity index (χ0v) is 21.2. The Kier molecular flexibility index (Phi) is 26.3. The van der Waals surface area contributed by atoms with Crippen LogP contribution in [-0.2, 0) is 66.3 Å². The summed E-state index contributed by atoms with van der Waals surface area (Å²) in [5, 5.41) is 0. The first-order valence-corrected chi connectivity index (χ1v) is 8.94. The molecule has 140 valence electrons. The van der Waals surface area contributed by atoms with Crippen LogP contribution in [-0.4, -0.2) is 11.1 Å². The summed E-state index contributed by atoms with van der Waals surface area (Å²) in [6.45, 7) is 12.5. The summed E-state index contributed by atoms with van der Waals surface area (Å²) < 4.78 is 8.06. The summed E-state index contributed by atoms with van der Waals surface area (Å²) in [7, 11) is 0. The van der Waals surface area contributed by atoms with Crippen molar-refractivity contribution in [2.75, 3.05) is 0 Å². The van der Waals surface area contributed by atoms with E-state index in [0.717, 1.165) is 0 Å². The van der Waals surface area contributed by atoms with Crippen LogP contribution in [0.5, 0.6) is 0 Å². The van der Waals surface area contributed by atoms with Crippen LogP contribution in [0.25, 0.3) is 0 Å². The Morgan fingerprint density at radius 3 is 0.792 bits per heavy atom. The van der Waals surface area contributed by atoms with Crippen molar-refractivity contribution in [2.45, 2.75) is 52.6 Å². The number of nitrogens with zero attached hydrogens (tertiary/aromatic N) is 2. The van der Waals surface area contributed by atoms with Gasteiger partial charge in [-0.2, -0.15) is 36.4 Å². The van der Waals surface area contributed by atoms with Gasteiger partial charge in [0.25, 0.3) is 0 Å². The summed E-state index contributed by atoms with van der Waals surface area (Å²) in [4.78, 5) is 0. The molecule has 2 rings (SSSR count). The molecule has 0 amide bonds. The molecule has 0 fully saturated rings. The average Bonchev–Trinajstić information content (AvgIpc) is 3.15. The van der Waals surface area contributed by atoms with Crippen molar-refractivity contribution in [1.82, 2.24) is 0 Å².